The summed E-state index contributed by atoms with van der Waals surface area (Å²) in [6.45, 7) is 3.91. The lowest BCUT2D eigenvalue weighted by atomic mass is 10.0. The molecule has 0 spiro atoms. The molecule has 4 rings (SSSR count). The van der Waals surface area contributed by atoms with Crippen LogP contribution in [0.4, 0.5) is 10.8 Å². The van der Waals surface area contributed by atoms with Gasteiger partial charge in [-0.3, -0.25) is 14.5 Å². The minimum Gasteiger partial charge on any atom is -0.478 e. The fourth-order valence-corrected chi connectivity index (χ4v) is 6.29. The van der Waals surface area contributed by atoms with E-state index < -0.39 is 47.0 Å². The Labute approximate surface area is 252 Å². The van der Waals surface area contributed by atoms with Gasteiger partial charge >= 0.3 is 11.9 Å². The number of carbonyl (C=O) groups is 4. The predicted molar refractivity (Wildman–Crippen MR) is 155 cm³/mol. The number of thiazole rings is 1. The van der Waals surface area contributed by atoms with Crippen molar-refractivity contribution in [2.45, 2.75) is 44.0 Å². The first kappa shape index (κ1) is 31.0. The molecule has 2 aromatic rings. The number of nitrogen functional groups attached to an aromatic ring is 1. The molecule has 224 valence electrons. The molecular formula is C24H28ClN8O7S2+. The first-order valence-electron chi connectivity index (χ1n) is 12.5. The zero-order chi connectivity index (χ0) is 30.7. The number of nitrogens with zero attached hydrogens (tertiary/aromatic N) is 4. The van der Waals surface area contributed by atoms with Gasteiger partial charge in [-0.2, -0.15) is 0 Å². The second-order valence-corrected chi connectivity index (χ2v) is 12.2. The normalized spacial score (nSPS) is 19.9. The van der Waals surface area contributed by atoms with Crippen LogP contribution >= 0.6 is 34.7 Å². The second kappa shape index (κ2) is 12.9. The number of carboxylic acids is 2. The lowest BCUT2D eigenvalue weighted by Gasteiger charge is -2.49. The molecule has 2 amide bonds. The van der Waals surface area contributed by atoms with E-state index in [1.165, 1.54) is 18.7 Å². The highest BCUT2D eigenvalue weighted by Crippen LogP contribution is 2.40. The van der Waals surface area contributed by atoms with E-state index in [0.29, 0.717) is 12.1 Å². The van der Waals surface area contributed by atoms with Crippen LogP contribution in [0.25, 0.3) is 0 Å². The van der Waals surface area contributed by atoms with Gasteiger partial charge in [0.1, 0.15) is 27.1 Å². The minimum atomic E-state index is -1.40. The molecule has 1 fully saturated rings. The van der Waals surface area contributed by atoms with Crippen LogP contribution in [0.15, 0.2) is 41.0 Å². The molecule has 15 nitrogen and oxygen atoms in total. The number of β-lactam (4-membered cyclic amide) rings is 1. The second-order valence-electron chi connectivity index (χ2n) is 9.44. The van der Waals surface area contributed by atoms with Gasteiger partial charge in [-0.1, -0.05) is 28.1 Å². The molecule has 1 saturated heterocycles. The van der Waals surface area contributed by atoms with Gasteiger partial charge in [0.2, 0.25) is 6.10 Å². The highest BCUT2D eigenvalue weighted by molar-refractivity contribution is 8.00. The summed E-state index contributed by atoms with van der Waals surface area (Å²) in [5, 5.41) is 27.8. The summed E-state index contributed by atoms with van der Waals surface area (Å²) in [4.78, 5) is 59.8. The number of hydrogen-bond acceptors (Lipinski definition) is 12. The molecule has 0 unspecified atom stereocenters. The molecule has 0 aromatic carbocycles. The van der Waals surface area contributed by atoms with Crippen LogP contribution in [0.3, 0.4) is 0 Å². The summed E-state index contributed by atoms with van der Waals surface area (Å²) >= 11 is 8.29. The molecule has 4 atom stereocenters. The third-order valence-corrected chi connectivity index (χ3v) is 8.54. The standard InChI is InChI=1S/C24H27ClN8O7S2/c1-10(26)7-28-13-3-5-32(6-4-13)8-12-9-41-21-16(20(35)33(21)17(12)23(38)39)29-19(34)15(31-40-11(2)22(36)37)14-18(25)42-24(27)30-14/h3-6,10-11,16,21H,7-9,26H2,1-2H3,(H5,27,29,30,34,36,37,38,39)/p+1/b31-15-/t10-,11-,16+,21+/m0/s1. The van der Waals surface area contributed by atoms with E-state index in [-0.39, 0.29) is 39.2 Å². The highest BCUT2D eigenvalue weighted by atomic mass is 35.5. The van der Waals surface area contributed by atoms with Gasteiger partial charge in [-0.05, 0) is 13.8 Å². The third-order valence-electron chi connectivity index (χ3n) is 6.12. The van der Waals surface area contributed by atoms with Crippen molar-refractivity contribution in [1.29, 1.82) is 0 Å². The monoisotopic (exact) mass is 639 g/mol. The van der Waals surface area contributed by atoms with E-state index in [2.05, 4.69) is 20.8 Å². The Bertz CT molecular complexity index is 1460. The number of fused-ring (bicyclic) bond motifs is 1. The third kappa shape index (κ3) is 6.75. The van der Waals surface area contributed by atoms with Gasteiger partial charge in [-0.15, -0.1) is 11.8 Å². The van der Waals surface area contributed by atoms with Crippen LogP contribution in [-0.4, -0.2) is 85.4 Å². The van der Waals surface area contributed by atoms with Crippen LogP contribution in [-0.2, 0) is 30.6 Å². The number of aliphatic carboxylic acids is 2. The smallest absolute Gasteiger partial charge is 0.352 e. The summed E-state index contributed by atoms with van der Waals surface area (Å²) in [5.74, 6) is -3.89. The number of rotatable bonds is 12. The maximum Gasteiger partial charge on any atom is 0.352 e. The van der Waals surface area contributed by atoms with Crippen molar-refractivity contribution >= 4 is 75.0 Å². The number of amides is 2. The maximum atomic E-state index is 13.2. The minimum absolute atomic E-state index is 0.00225. The fraction of sp³-hybridized carbons (Fsp3) is 0.375. The zero-order valence-corrected chi connectivity index (χ0v) is 24.7. The number of nitrogens with two attached hydrogens (primary N) is 2. The molecule has 4 heterocycles. The molecular weight excluding hydrogens is 612 g/mol. The number of thioether (sulfide) groups is 1. The first-order valence-corrected chi connectivity index (χ1v) is 14.7. The summed E-state index contributed by atoms with van der Waals surface area (Å²) in [6.07, 6.45) is 2.18. The average Bonchev–Trinajstić information content (AvgIpc) is 3.27. The molecule has 0 bridgehead atoms. The number of aromatic nitrogens is 2. The van der Waals surface area contributed by atoms with Crippen LogP contribution in [0.1, 0.15) is 19.5 Å². The molecule has 18 heteroatoms. The van der Waals surface area contributed by atoms with Crippen LogP contribution < -0.4 is 26.7 Å². The van der Waals surface area contributed by atoms with E-state index in [4.69, 9.17) is 33.0 Å². The fourth-order valence-electron chi connectivity index (χ4n) is 4.03. The Morgan fingerprint density at radius 2 is 2.00 bits per heavy atom. The number of anilines is 2. The van der Waals surface area contributed by atoms with Gasteiger partial charge < -0.3 is 37.2 Å². The van der Waals surface area contributed by atoms with Crippen molar-refractivity contribution in [2.24, 2.45) is 10.9 Å². The molecule has 42 heavy (non-hydrogen) atoms. The summed E-state index contributed by atoms with van der Waals surface area (Å²) in [7, 11) is 0. The van der Waals surface area contributed by atoms with E-state index in [1.54, 1.807) is 17.0 Å². The Kier molecular flexibility index (Phi) is 9.55. The number of pyridine rings is 1. The Morgan fingerprint density at radius 3 is 2.57 bits per heavy atom. The van der Waals surface area contributed by atoms with E-state index in [9.17, 15) is 24.3 Å². The number of carboxylic acid groups (broad SMARTS) is 2. The van der Waals surface area contributed by atoms with E-state index in [1.807, 2.05) is 19.1 Å². The summed E-state index contributed by atoms with van der Waals surface area (Å²) < 4.78 is 1.79. The zero-order valence-electron chi connectivity index (χ0n) is 22.3. The largest absolute Gasteiger partial charge is 0.478 e. The van der Waals surface area contributed by atoms with Crippen molar-refractivity contribution in [3.63, 3.8) is 0 Å². The lowest BCUT2D eigenvalue weighted by molar-refractivity contribution is -0.688. The van der Waals surface area contributed by atoms with Crippen LogP contribution in [0.5, 0.6) is 0 Å². The van der Waals surface area contributed by atoms with Crippen LogP contribution in [0.2, 0.25) is 4.34 Å². The number of nitrogens with one attached hydrogen (secondary N) is 2. The lowest BCUT2D eigenvalue weighted by Crippen LogP contribution is -2.71. The van der Waals surface area contributed by atoms with E-state index in [0.717, 1.165) is 21.9 Å². The van der Waals surface area contributed by atoms with Gasteiger partial charge in [0, 0.05) is 41.7 Å². The van der Waals surface area contributed by atoms with Gasteiger partial charge in [0.15, 0.2) is 29.8 Å². The average molecular weight is 640 g/mol. The Balaban J connectivity index is 1.51. The maximum absolute atomic E-state index is 13.2. The van der Waals surface area contributed by atoms with Crippen molar-refractivity contribution in [2.75, 3.05) is 23.3 Å². The van der Waals surface area contributed by atoms with Crippen LogP contribution in [0, 0.1) is 0 Å². The number of halogens is 1. The number of oxime groups is 1. The molecule has 2 aromatic heterocycles. The Hall–Kier alpha value is -3.93. The first-order chi connectivity index (χ1) is 19.9. The summed E-state index contributed by atoms with van der Waals surface area (Å²) in [5.41, 5.74) is 12.0. The molecule has 0 saturated carbocycles. The molecule has 2 aliphatic rings. The quantitative estimate of drug-likeness (QED) is 0.0784. The van der Waals surface area contributed by atoms with Crippen molar-refractivity contribution < 1.29 is 38.8 Å². The molecule has 2 aliphatic heterocycles. The van der Waals surface area contributed by atoms with Gasteiger partial charge in [-0.25, -0.2) is 19.1 Å². The van der Waals surface area contributed by atoms with Gasteiger partial charge in [0.05, 0.1) is 0 Å². The number of carbonyl (C=O) groups excluding carboxylic acids is 2. The predicted octanol–water partition coefficient (Wildman–Crippen LogP) is 0.0579. The summed E-state index contributed by atoms with van der Waals surface area (Å²) in [6, 6.07) is 2.56. The number of hydrogen-bond donors (Lipinski definition) is 6. The Morgan fingerprint density at radius 1 is 1.31 bits per heavy atom. The SMILES string of the molecule is C[C@H](N)CNc1cc[n+](CC2=C(C(=O)O)N3C(=O)[C@@H](NC(=O)/C(=N\O[C@@H](C)C(=O)O)c4nc(N)sc4Cl)[C@H]3SC2)cc1. The van der Waals surface area contributed by atoms with Gasteiger partial charge in [0.25, 0.3) is 11.8 Å². The molecule has 8 N–H and O–H groups in total. The van der Waals surface area contributed by atoms with Crippen molar-refractivity contribution in [3.05, 3.63) is 45.8 Å². The molecule has 0 radical (unpaired) electrons. The van der Waals surface area contributed by atoms with Crippen molar-refractivity contribution in [1.82, 2.24) is 15.2 Å². The van der Waals surface area contributed by atoms with E-state index >= 15 is 0 Å². The van der Waals surface area contributed by atoms with Crippen molar-refractivity contribution in [3.8, 4) is 0 Å². The molecule has 0 aliphatic carbocycles. The topological polar surface area (TPSA) is 226 Å². The highest BCUT2D eigenvalue weighted by Gasteiger charge is 2.55.